The molecule has 0 aliphatic rings. The van der Waals surface area contributed by atoms with Crippen LogP contribution >= 0.6 is 0 Å². The first-order valence-corrected chi connectivity index (χ1v) is 7.59. The lowest BCUT2D eigenvalue weighted by Crippen LogP contribution is -2.22. The van der Waals surface area contributed by atoms with Gasteiger partial charge in [0.1, 0.15) is 5.75 Å². The first kappa shape index (κ1) is 15.9. The molecule has 4 heteroatoms. The Balaban J connectivity index is 1.95. The summed E-state index contributed by atoms with van der Waals surface area (Å²) in [6.45, 7) is 5.28. The van der Waals surface area contributed by atoms with Crippen molar-refractivity contribution in [2.45, 2.75) is 26.8 Å². The van der Waals surface area contributed by atoms with Crippen molar-refractivity contribution in [2.24, 2.45) is 10.7 Å². The van der Waals surface area contributed by atoms with Gasteiger partial charge in [-0.2, -0.15) is 0 Å². The molecule has 0 bridgehead atoms. The number of anilines is 1. The monoisotopic (exact) mass is 297 g/mol. The minimum absolute atomic E-state index is 0.408. The van der Waals surface area contributed by atoms with E-state index < -0.39 is 0 Å². The van der Waals surface area contributed by atoms with E-state index in [1.165, 1.54) is 5.56 Å². The van der Waals surface area contributed by atoms with Crippen LogP contribution in [0.4, 0.5) is 5.69 Å². The lowest BCUT2D eigenvalue weighted by Gasteiger charge is -2.07. The Morgan fingerprint density at radius 2 is 1.86 bits per heavy atom. The standard InChI is InChI=1S/C18H23N3O/c1-3-14-8-10-16(11-9-14)21-18(19)20-13-15-6-5-7-17(12-15)22-4-2/h5-12H,3-4,13H2,1-2H3,(H3,19,20,21). The highest BCUT2D eigenvalue weighted by atomic mass is 16.5. The fraction of sp³-hybridized carbons (Fsp3) is 0.278. The highest BCUT2D eigenvalue weighted by Gasteiger charge is 1.98. The first-order chi connectivity index (χ1) is 10.7. The second-order valence-electron chi connectivity index (χ2n) is 4.96. The van der Waals surface area contributed by atoms with Gasteiger partial charge in [0.2, 0.25) is 0 Å². The van der Waals surface area contributed by atoms with E-state index in [1.807, 2.05) is 43.3 Å². The molecule has 116 valence electrons. The van der Waals surface area contributed by atoms with Crippen molar-refractivity contribution in [3.63, 3.8) is 0 Å². The molecule has 0 saturated heterocycles. The number of benzene rings is 2. The molecule has 0 radical (unpaired) electrons. The minimum Gasteiger partial charge on any atom is -0.494 e. The van der Waals surface area contributed by atoms with Crippen molar-refractivity contribution in [3.8, 4) is 5.75 Å². The zero-order chi connectivity index (χ0) is 15.8. The molecule has 0 saturated carbocycles. The summed E-state index contributed by atoms with van der Waals surface area (Å²) in [6.07, 6.45) is 1.03. The van der Waals surface area contributed by atoms with Crippen LogP contribution in [0.3, 0.4) is 0 Å². The number of hydrogen-bond acceptors (Lipinski definition) is 2. The number of aliphatic imine (C=N–C) groups is 1. The third-order valence-corrected chi connectivity index (χ3v) is 3.28. The molecule has 2 aromatic rings. The summed E-state index contributed by atoms with van der Waals surface area (Å²) in [5, 5.41) is 3.10. The average Bonchev–Trinajstić information content (AvgIpc) is 2.54. The third-order valence-electron chi connectivity index (χ3n) is 3.28. The van der Waals surface area contributed by atoms with E-state index in [4.69, 9.17) is 10.5 Å². The number of hydrogen-bond donors (Lipinski definition) is 2. The Morgan fingerprint density at radius 1 is 1.09 bits per heavy atom. The van der Waals surface area contributed by atoms with Crippen LogP contribution in [-0.4, -0.2) is 12.6 Å². The third kappa shape index (κ3) is 4.81. The molecular weight excluding hydrogens is 274 g/mol. The van der Waals surface area contributed by atoms with E-state index in [0.717, 1.165) is 23.4 Å². The predicted octanol–water partition coefficient (Wildman–Crippen LogP) is 3.57. The Kier molecular flexibility index (Phi) is 5.83. The van der Waals surface area contributed by atoms with Gasteiger partial charge in [-0.25, -0.2) is 4.99 Å². The van der Waals surface area contributed by atoms with Crippen molar-refractivity contribution in [1.82, 2.24) is 0 Å². The Hall–Kier alpha value is -2.49. The highest BCUT2D eigenvalue weighted by Crippen LogP contribution is 2.14. The SMILES string of the molecule is CCOc1cccc(CN=C(N)Nc2ccc(CC)cc2)c1. The average molecular weight is 297 g/mol. The van der Waals surface area contributed by atoms with Gasteiger partial charge in [0.05, 0.1) is 13.2 Å². The van der Waals surface area contributed by atoms with Gasteiger partial charge in [0.25, 0.3) is 0 Å². The number of nitrogens with two attached hydrogens (primary N) is 1. The molecule has 4 nitrogen and oxygen atoms in total. The van der Waals surface area contributed by atoms with Crippen LogP contribution in [0.1, 0.15) is 25.0 Å². The van der Waals surface area contributed by atoms with Crippen LogP contribution in [0, 0.1) is 0 Å². The number of aryl methyl sites for hydroxylation is 1. The van der Waals surface area contributed by atoms with Crippen molar-refractivity contribution < 1.29 is 4.74 Å². The normalized spacial score (nSPS) is 11.3. The molecule has 3 N–H and O–H groups in total. The minimum atomic E-state index is 0.408. The van der Waals surface area contributed by atoms with Crippen LogP contribution in [0.5, 0.6) is 5.75 Å². The van der Waals surface area contributed by atoms with Crippen LogP contribution in [0.25, 0.3) is 0 Å². The lowest BCUT2D eigenvalue weighted by molar-refractivity contribution is 0.340. The van der Waals surface area contributed by atoms with Gasteiger partial charge in [-0.05, 0) is 48.7 Å². The first-order valence-electron chi connectivity index (χ1n) is 7.59. The molecule has 2 aromatic carbocycles. The summed E-state index contributed by atoms with van der Waals surface area (Å²) in [4.78, 5) is 4.36. The molecule has 0 unspecified atom stereocenters. The van der Waals surface area contributed by atoms with Gasteiger partial charge < -0.3 is 15.8 Å². The van der Waals surface area contributed by atoms with E-state index in [2.05, 4.69) is 29.4 Å². The number of nitrogens with zero attached hydrogens (tertiary/aromatic N) is 1. The van der Waals surface area contributed by atoms with Crippen LogP contribution < -0.4 is 15.8 Å². The predicted molar refractivity (Wildman–Crippen MR) is 92.4 cm³/mol. The van der Waals surface area contributed by atoms with Gasteiger partial charge in [-0.15, -0.1) is 0 Å². The largest absolute Gasteiger partial charge is 0.494 e. The van der Waals surface area contributed by atoms with Gasteiger partial charge in [0.15, 0.2) is 5.96 Å². The van der Waals surface area contributed by atoms with Crippen molar-refractivity contribution in [1.29, 1.82) is 0 Å². The molecule has 0 fully saturated rings. The maximum Gasteiger partial charge on any atom is 0.193 e. The summed E-state index contributed by atoms with van der Waals surface area (Å²) in [6, 6.07) is 16.1. The highest BCUT2D eigenvalue weighted by molar-refractivity contribution is 5.92. The number of guanidine groups is 1. The Morgan fingerprint density at radius 3 is 2.55 bits per heavy atom. The second kappa shape index (κ2) is 8.08. The Labute approximate surface area is 132 Å². The summed E-state index contributed by atoms with van der Waals surface area (Å²) in [5.74, 6) is 1.27. The van der Waals surface area contributed by atoms with Crippen molar-refractivity contribution in [3.05, 3.63) is 59.7 Å². The molecule has 22 heavy (non-hydrogen) atoms. The summed E-state index contributed by atoms with van der Waals surface area (Å²) >= 11 is 0. The zero-order valence-electron chi connectivity index (χ0n) is 13.2. The van der Waals surface area contributed by atoms with Gasteiger partial charge in [0, 0.05) is 5.69 Å². The number of nitrogens with one attached hydrogen (secondary N) is 1. The molecule has 0 heterocycles. The molecule has 0 amide bonds. The van der Waals surface area contributed by atoms with Crippen molar-refractivity contribution >= 4 is 11.6 Å². The van der Waals surface area contributed by atoms with E-state index in [0.29, 0.717) is 19.1 Å². The van der Waals surface area contributed by atoms with Crippen LogP contribution in [-0.2, 0) is 13.0 Å². The quantitative estimate of drug-likeness (QED) is 0.633. The molecule has 0 aromatic heterocycles. The number of ether oxygens (including phenoxy) is 1. The lowest BCUT2D eigenvalue weighted by atomic mass is 10.1. The summed E-state index contributed by atoms with van der Waals surface area (Å²) in [7, 11) is 0. The van der Waals surface area contributed by atoms with Crippen LogP contribution in [0.2, 0.25) is 0 Å². The molecule has 0 atom stereocenters. The molecule has 2 rings (SSSR count). The summed E-state index contributed by atoms with van der Waals surface area (Å²) in [5.41, 5.74) is 9.24. The maximum atomic E-state index is 5.93. The van der Waals surface area contributed by atoms with Crippen LogP contribution in [0.15, 0.2) is 53.5 Å². The Bertz CT molecular complexity index is 620. The fourth-order valence-electron chi connectivity index (χ4n) is 2.09. The van der Waals surface area contributed by atoms with Gasteiger partial charge in [-0.1, -0.05) is 31.2 Å². The van der Waals surface area contributed by atoms with Crippen molar-refractivity contribution in [2.75, 3.05) is 11.9 Å². The maximum absolute atomic E-state index is 5.93. The smallest absolute Gasteiger partial charge is 0.193 e. The fourth-order valence-corrected chi connectivity index (χ4v) is 2.09. The number of rotatable bonds is 6. The topological polar surface area (TPSA) is 59.6 Å². The second-order valence-corrected chi connectivity index (χ2v) is 4.96. The van der Waals surface area contributed by atoms with E-state index in [9.17, 15) is 0 Å². The van der Waals surface area contributed by atoms with E-state index in [1.54, 1.807) is 0 Å². The summed E-state index contributed by atoms with van der Waals surface area (Å²) < 4.78 is 5.48. The molecule has 0 aliphatic heterocycles. The van der Waals surface area contributed by atoms with Gasteiger partial charge in [-0.3, -0.25) is 0 Å². The van der Waals surface area contributed by atoms with E-state index in [-0.39, 0.29) is 0 Å². The molecule has 0 spiro atoms. The van der Waals surface area contributed by atoms with Gasteiger partial charge >= 0.3 is 0 Å². The zero-order valence-corrected chi connectivity index (χ0v) is 13.2. The molecular formula is C18H23N3O. The molecule has 0 aliphatic carbocycles. The van der Waals surface area contributed by atoms with E-state index >= 15 is 0 Å².